The van der Waals surface area contributed by atoms with Gasteiger partial charge in [0.25, 0.3) is 5.91 Å². The van der Waals surface area contributed by atoms with Gasteiger partial charge in [-0.05, 0) is 24.3 Å². The number of aromatic carboxylic acids is 1. The summed E-state index contributed by atoms with van der Waals surface area (Å²) >= 11 is 0. The quantitative estimate of drug-likeness (QED) is 0.853. The summed E-state index contributed by atoms with van der Waals surface area (Å²) in [5.41, 5.74) is -1.41. The van der Waals surface area contributed by atoms with Gasteiger partial charge in [0.2, 0.25) is 5.95 Å². The molecule has 8 heteroatoms. The second-order valence-electron chi connectivity index (χ2n) is 3.91. The molecule has 1 aromatic carbocycles. The summed E-state index contributed by atoms with van der Waals surface area (Å²) in [7, 11) is 0. The van der Waals surface area contributed by atoms with Crippen molar-refractivity contribution in [3.63, 3.8) is 0 Å². The van der Waals surface area contributed by atoms with Crippen LogP contribution >= 0.6 is 0 Å². The molecule has 0 saturated carbocycles. The molecule has 0 saturated heterocycles. The number of nitrogens with one attached hydrogen (secondary N) is 1. The Kier molecular flexibility index (Phi) is 3.88. The lowest BCUT2D eigenvalue weighted by Gasteiger charge is -2.09. The van der Waals surface area contributed by atoms with E-state index in [4.69, 9.17) is 5.11 Å². The average Bonchev–Trinajstić information content (AvgIpc) is 2.43. The van der Waals surface area contributed by atoms with Crippen molar-refractivity contribution in [2.75, 3.05) is 5.32 Å². The molecule has 0 atom stereocenters. The van der Waals surface area contributed by atoms with Crippen LogP contribution in [0.2, 0.25) is 0 Å². The fourth-order valence-electron chi connectivity index (χ4n) is 1.59. The molecular weight excluding hydrogens is 289 g/mol. The van der Waals surface area contributed by atoms with Crippen molar-refractivity contribution in [3.8, 4) is 0 Å². The van der Waals surface area contributed by atoms with E-state index in [0.29, 0.717) is 6.07 Å². The number of carboxylic acids is 1. The first kappa shape index (κ1) is 14.5. The molecule has 0 aliphatic rings. The van der Waals surface area contributed by atoms with Crippen molar-refractivity contribution >= 4 is 17.6 Å². The van der Waals surface area contributed by atoms with Gasteiger partial charge in [-0.15, -0.1) is 0 Å². The van der Waals surface area contributed by atoms with Crippen molar-refractivity contribution in [1.82, 2.24) is 4.98 Å². The van der Waals surface area contributed by atoms with Crippen LogP contribution in [-0.4, -0.2) is 22.0 Å². The van der Waals surface area contributed by atoms with Gasteiger partial charge in [-0.1, -0.05) is 0 Å². The standard InChI is InChI=1S/C13H7F3N2O3/c14-6-1-2-9(8(5-6)13(20)21)18-12(19)7-3-4-17-11(16)10(7)15/h1-5H,(H,18,19)(H,20,21). The number of benzene rings is 1. The maximum Gasteiger partial charge on any atom is 0.337 e. The number of nitrogens with zero attached hydrogens (tertiary/aromatic N) is 1. The average molecular weight is 296 g/mol. The summed E-state index contributed by atoms with van der Waals surface area (Å²) in [6, 6.07) is 3.55. The number of carbonyl (C=O) groups is 2. The van der Waals surface area contributed by atoms with Gasteiger partial charge in [-0.3, -0.25) is 4.79 Å². The molecule has 0 aliphatic heterocycles. The zero-order chi connectivity index (χ0) is 15.6. The predicted octanol–water partition coefficient (Wildman–Crippen LogP) is 2.45. The largest absolute Gasteiger partial charge is 0.478 e. The third-order valence-corrected chi connectivity index (χ3v) is 2.55. The number of anilines is 1. The van der Waals surface area contributed by atoms with Crippen LogP contribution in [0.5, 0.6) is 0 Å². The normalized spacial score (nSPS) is 10.2. The Morgan fingerprint density at radius 2 is 1.81 bits per heavy atom. The van der Waals surface area contributed by atoms with Crippen molar-refractivity contribution < 1.29 is 27.9 Å². The molecule has 1 aromatic heterocycles. The molecule has 0 unspecified atom stereocenters. The van der Waals surface area contributed by atoms with Crippen LogP contribution in [0.1, 0.15) is 20.7 Å². The molecular formula is C13H7F3N2O3. The predicted molar refractivity (Wildman–Crippen MR) is 65.5 cm³/mol. The van der Waals surface area contributed by atoms with E-state index in [-0.39, 0.29) is 5.69 Å². The van der Waals surface area contributed by atoms with Crippen LogP contribution in [0, 0.1) is 17.6 Å². The second-order valence-corrected chi connectivity index (χ2v) is 3.91. The molecule has 0 radical (unpaired) electrons. The van der Waals surface area contributed by atoms with Crippen molar-refractivity contribution in [2.45, 2.75) is 0 Å². The van der Waals surface area contributed by atoms with Gasteiger partial charge in [0.1, 0.15) is 5.82 Å². The molecule has 0 aliphatic carbocycles. The highest BCUT2D eigenvalue weighted by Gasteiger charge is 2.19. The lowest BCUT2D eigenvalue weighted by Crippen LogP contribution is -2.17. The van der Waals surface area contributed by atoms with Gasteiger partial charge < -0.3 is 10.4 Å². The van der Waals surface area contributed by atoms with Gasteiger partial charge in [-0.2, -0.15) is 4.39 Å². The molecule has 2 rings (SSSR count). The maximum absolute atomic E-state index is 13.4. The number of carbonyl (C=O) groups excluding carboxylic acids is 1. The molecule has 5 nitrogen and oxygen atoms in total. The van der Waals surface area contributed by atoms with E-state index >= 15 is 0 Å². The fraction of sp³-hybridized carbons (Fsp3) is 0. The number of carboxylic acid groups (broad SMARTS) is 1. The second kappa shape index (κ2) is 5.61. The van der Waals surface area contributed by atoms with E-state index in [1.54, 1.807) is 0 Å². The lowest BCUT2D eigenvalue weighted by molar-refractivity contribution is 0.0697. The van der Waals surface area contributed by atoms with Crippen LogP contribution in [0.25, 0.3) is 0 Å². The number of rotatable bonds is 3. The first-order valence-electron chi connectivity index (χ1n) is 5.54. The number of hydrogen-bond donors (Lipinski definition) is 2. The minimum atomic E-state index is -1.48. The van der Waals surface area contributed by atoms with Gasteiger partial charge in [0, 0.05) is 6.20 Å². The van der Waals surface area contributed by atoms with Crippen LogP contribution in [0.3, 0.4) is 0 Å². The van der Waals surface area contributed by atoms with Crippen LogP contribution in [0.4, 0.5) is 18.9 Å². The Hall–Kier alpha value is -2.90. The molecule has 108 valence electrons. The van der Waals surface area contributed by atoms with Crippen LogP contribution in [0.15, 0.2) is 30.5 Å². The van der Waals surface area contributed by atoms with Crippen LogP contribution in [-0.2, 0) is 0 Å². The highest BCUT2D eigenvalue weighted by atomic mass is 19.2. The van der Waals surface area contributed by atoms with E-state index in [2.05, 4.69) is 10.3 Å². The Bertz CT molecular complexity index is 735. The van der Waals surface area contributed by atoms with Gasteiger partial charge in [0.05, 0.1) is 16.8 Å². The summed E-state index contributed by atoms with van der Waals surface area (Å²) in [4.78, 5) is 25.8. The van der Waals surface area contributed by atoms with Gasteiger partial charge in [-0.25, -0.2) is 18.6 Å². The van der Waals surface area contributed by atoms with E-state index < -0.39 is 40.6 Å². The molecule has 0 fully saturated rings. The molecule has 21 heavy (non-hydrogen) atoms. The third kappa shape index (κ3) is 2.99. The number of aromatic nitrogens is 1. The van der Waals surface area contributed by atoms with Gasteiger partial charge >= 0.3 is 5.97 Å². The van der Waals surface area contributed by atoms with E-state index in [1.165, 1.54) is 0 Å². The highest BCUT2D eigenvalue weighted by Crippen LogP contribution is 2.19. The third-order valence-electron chi connectivity index (χ3n) is 2.55. The highest BCUT2D eigenvalue weighted by molar-refractivity contribution is 6.07. The van der Waals surface area contributed by atoms with E-state index in [9.17, 15) is 22.8 Å². The Morgan fingerprint density at radius 3 is 2.48 bits per heavy atom. The summed E-state index contributed by atoms with van der Waals surface area (Å²) < 4.78 is 39.3. The molecule has 2 N–H and O–H groups in total. The molecule has 0 bridgehead atoms. The molecule has 1 amide bonds. The topological polar surface area (TPSA) is 79.3 Å². The zero-order valence-corrected chi connectivity index (χ0v) is 10.2. The summed E-state index contributed by atoms with van der Waals surface area (Å²) in [6.45, 7) is 0. The maximum atomic E-state index is 13.4. The van der Waals surface area contributed by atoms with E-state index in [1.807, 2.05) is 0 Å². The number of halogens is 3. The minimum Gasteiger partial charge on any atom is -0.478 e. The van der Waals surface area contributed by atoms with E-state index in [0.717, 1.165) is 24.4 Å². The number of amides is 1. The Labute approximate surface area is 116 Å². The first-order valence-corrected chi connectivity index (χ1v) is 5.54. The number of pyridine rings is 1. The number of hydrogen-bond acceptors (Lipinski definition) is 3. The lowest BCUT2D eigenvalue weighted by atomic mass is 10.1. The van der Waals surface area contributed by atoms with Gasteiger partial charge in [0.15, 0.2) is 5.82 Å². The summed E-state index contributed by atoms with van der Waals surface area (Å²) in [5.74, 6) is -6.30. The molecule has 0 spiro atoms. The minimum absolute atomic E-state index is 0.245. The van der Waals surface area contributed by atoms with Crippen molar-refractivity contribution in [2.24, 2.45) is 0 Å². The fourth-order valence-corrected chi connectivity index (χ4v) is 1.59. The molecule has 1 heterocycles. The first-order chi connectivity index (χ1) is 9.90. The summed E-state index contributed by atoms with van der Waals surface area (Å²) in [6.07, 6.45) is 0.885. The SMILES string of the molecule is O=C(O)c1cc(F)ccc1NC(=O)c1ccnc(F)c1F. The van der Waals surface area contributed by atoms with Crippen molar-refractivity contribution in [1.29, 1.82) is 0 Å². The Balaban J connectivity index is 2.36. The zero-order valence-electron chi connectivity index (χ0n) is 10.2. The summed E-state index contributed by atoms with van der Waals surface area (Å²) in [5, 5.41) is 11.0. The van der Waals surface area contributed by atoms with Crippen molar-refractivity contribution in [3.05, 3.63) is 59.2 Å². The Morgan fingerprint density at radius 1 is 1.10 bits per heavy atom. The molecule has 2 aromatic rings. The monoisotopic (exact) mass is 296 g/mol. The van der Waals surface area contributed by atoms with Crippen LogP contribution < -0.4 is 5.32 Å². The smallest absolute Gasteiger partial charge is 0.337 e.